The van der Waals surface area contributed by atoms with E-state index in [2.05, 4.69) is 5.16 Å². The van der Waals surface area contributed by atoms with E-state index in [-0.39, 0.29) is 18.3 Å². The maximum absolute atomic E-state index is 11.9. The van der Waals surface area contributed by atoms with E-state index >= 15 is 0 Å². The molecule has 0 saturated heterocycles. The zero-order chi connectivity index (χ0) is 14.3. The van der Waals surface area contributed by atoms with Crippen LogP contribution in [0.2, 0.25) is 0 Å². The molecule has 1 amide bonds. The summed E-state index contributed by atoms with van der Waals surface area (Å²) >= 11 is 0. The number of hydrogen-bond acceptors (Lipinski definition) is 4. The van der Waals surface area contributed by atoms with Crippen molar-refractivity contribution in [3.63, 3.8) is 0 Å². The lowest BCUT2D eigenvalue weighted by Crippen LogP contribution is -2.30. The van der Waals surface area contributed by atoms with Gasteiger partial charge in [-0.2, -0.15) is 0 Å². The van der Waals surface area contributed by atoms with Crippen molar-refractivity contribution in [1.29, 1.82) is 0 Å². The van der Waals surface area contributed by atoms with E-state index in [9.17, 15) is 4.79 Å². The number of rotatable bonds is 6. The predicted octanol–water partition coefficient (Wildman–Crippen LogP) is 1.17. The Morgan fingerprint density at radius 1 is 1.53 bits per heavy atom. The molecule has 0 spiro atoms. The molecule has 0 bridgehead atoms. The van der Waals surface area contributed by atoms with Gasteiger partial charge in [0, 0.05) is 24.9 Å². The molecule has 0 saturated carbocycles. The quantitative estimate of drug-likeness (QED) is 0.266. The van der Waals surface area contributed by atoms with E-state index in [1.54, 1.807) is 31.3 Å². The number of anilines is 1. The largest absolute Gasteiger partial charge is 0.409 e. The number of likely N-dealkylation sites (N-methyl/N-ethyl adjacent to an activating group) is 1. The Balaban J connectivity index is 2.76. The van der Waals surface area contributed by atoms with Crippen LogP contribution in [0.4, 0.5) is 5.69 Å². The number of nitrogens with zero attached hydrogens (tertiary/aromatic N) is 2. The molecule has 1 aromatic carbocycles. The summed E-state index contributed by atoms with van der Waals surface area (Å²) in [5.41, 5.74) is 6.72. The van der Waals surface area contributed by atoms with Crippen molar-refractivity contribution in [2.45, 2.75) is 13.3 Å². The number of amides is 1. The van der Waals surface area contributed by atoms with Crippen molar-refractivity contribution < 1.29 is 14.7 Å². The molecule has 104 valence electrons. The monoisotopic (exact) mass is 265 g/mol. The summed E-state index contributed by atoms with van der Waals surface area (Å²) in [6.07, 6.45) is 0.871. The third-order valence-electron chi connectivity index (χ3n) is 2.59. The lowest BCUT2D eigenvalue weighted by atomic mass is 10.2. The molecule has 0 heterocycles. The Labute approximate surface area is 112 Å². The van der Waals surface area contributed by atoms with Crippen molar-refractivity contribution in [3.05, 3.63) is 29.8 Å². The number of carbonyl (C=O) groups excluding carboxylic acids is 1. The minimum atomic E-state index is -0.148. The smallest absolute Gasteiger partial charge is 0.252 e. The highest BCUT2D eigenvalue weighted by Gasteiger charge is 2.12. The van der Waals surface area contributed by atoms with Crippen LogP contribution in [0, 0.1) is 0 Å². The van der Waals surface area contributed by atoms with Crippen LogP contribution in [0.25, 0.3) is 0 Å². The van der Waals surface area contributed by atoms with Gasteiger partial charge in [-0.15, -0.1) is 0 Å². The number of benzene rings is 1. The minimum Gasteiger partial charge on any atom is -0.409 e. The average Bonchev–Trinajstić information content (AvgIpc) is 2.45. The van der Waals surface area contributed by atoms with E-state index in [0.717, 1.165) is 6.42 Å². The molecular formula is C13H19N3O3. The Kier molecular flexibility index (Phi) is 5.81. The third kappa shape index (κ3) is 4.26. The van der Waals surface area contributed by atoms with Crippen LogP contribution in [-0.4, -0.2) is 37.2 Å². The van der Waals surface area contributed by atoms with Gasteiger partial charge in [-0.1, -0.05) is 24.2 Å². The summed E-state index contributed by atoms with van der Waals surface area (Å²) < 4.78 is 5.21. The molecule has 6 nitrogen and oxygen atoms in total. The highest BCUT2D eigenvalue weighted by atomic mass is 16.5. The van der Waals surface area contributed by atoms with E-state index < -0.39 is 0 Å². The molecule has 0 atom stereocenters. The number of nitrogens with two attached hydrogens (primary N) is 1. The van der Waals surface area contributed by atoms with Crippen LogP contribution < -0.4 is 10.6 Å². The van der Waals surface area contributed by atoms with Gasteiger partial charge < -0.3 is 20.6 Å². The fraction of sp³-hybridized carbons (Fsp3) is 0.385. The van der Waals surface area contributed by atoms with Crippen molar-refractivity contribution >= 4 is 17.4 Å². The molecular weight excluding hydrogens is 246 g/mol. The van der Waals surface area contributed by atoms with Crippen LogP contribution in [-0.2, 0) is 9.53 Å². The summed E-state index contributed by atoms with van der Waals surface area (Å²) in [5.74, 6) is -0.143. The van der Waals surface area contributed by atoms with Gasteiger partial charge in [-0.3, -0.25) is 4.79 Å². The molecule has 19 heavy (non-hydrogen) atoms. The van der Waals surface area contributed by atoms with E-state index in [1.807, 2.05) is 6.92 Å². The third-order valence-corrected chi connectivity index (χ3v) is 2.59. The first-order valence-electron chi connectivity index (χ1n) is 6.02. The standard InChI is InChI=1S/C13H19N3O3/c1-3-7-19-9-12(17)16(2)11-6-4-5-10(8-11)13(14)15-18/h4-6,8,18H,3,7,9H2,1-2H3,(H2,14,15). The molecule has 0 aliphatic heterocycles. The second-order valence-electron chi connectivity index (χ2n) is 4.04. The van der Waals surface area contributed by atoms with Gasteiger partial charge in [0.15, 0.2) is 5.84 Å². The normalized spacial score (nSPS) is 11.4. The van der Waals surface area contributed by atoms with E-state index in [1.165, 1.54) is 4.90 Å². The predicted molar refractivity (Wildman–Crippen MR) is 73.5 cm³/mol. The van der Waals surface area contributed by atoms with Gasteiger partial charge in [0.1, 0.15) is 6.61 Å². The molecule has 0 aliphatic carbocycles. The first kappa shape index (κ1) is 15.0. The van der Waals surface area contributed by atoms with Crippen molar-refractivity contribution in [3.8, 4) is 0 Å². The van der Waals surface area contributed by atoms with Crippen molar-refractivity contribution in [2.75, 3.05) is 25.2 Å². The van der Waals surface area contributed by atoms with Crippen molar-refractivity contribution in [2.24, 2.45) is 10.9 Å². The molecule has 6 heteroatoms. The molecule has 1 aromatic rings. The lowest BCUT2D eigenvalue weighted by molar-refractivity contribution is -0.122. The van der Waals surface area contributed by atoms with Crippen molar-refractivity contribution in [1.82, 2.24) is 0 Å². The summed E-state index contributed by atoms with van der Waals surface area (Å²) in [4.78, 5) is 13.3. The summed E-state index contributed by atoms with van der Waals surface area (Å²) in [6.45, 7) is 2.58. The summed E-state index contributed by atoms with van der Waals surface area (Å²) in [5, 5.41) is 11.6. The second kappa shape index (κ2) is 7.38. The first-order chi connectivity index (χ1) is 9.10. The summed E-state index contributed by atoms with van der Waals surface area (Å²) in [6, 6.07) is 6.88. The molecule has 3 N–H and O–H groups in total. The van der Waals surface area contributed by atoms with Gasteiger partial charge in [-0.05, 0) is 18.6 Å². The van der Waals surface area contributed by atoms with Gasteiger partial charge in [0.25, 0.3) is 5.91 Å². The number of amidine groups is 1. The summed E-state index contributed by atoms with van der Waals surface area (Å²) in [7, 11) is 1.66. The molecule has 0 aliphatic rings. The Morgan fingerprint density at radius 2 is 2.26 bits per heavy atom. The second-order valence-corrected chi connectivity index (χ2v) is 4.04. The first-order valence-corrected chi connectivity index (χ1v) is 6.02. The molecule has 0 unspecified atom stereocenters. The van der Waals surface area contributed by atoms with Crippen LogP contribution in [0.1, 0.15) is 18.9 Å². The van der Waals surface area contributed by atoms with Crippen LogP contribution in [0.5, 0.6) is 0 Å². The van der Waals surface area contributed by atoms with Crippen LogP contribution >= 0.6 is 0 Å². The SMILES string of the molecule is CCCOCC(=O)N(C)c1cccc(/C(N)=N/O)c1. The van der Waals surface area contributed by atoms with E-state index in [0.29, 0.717) is 17.9 Å². The zero-order valence-electron chi connectivity index (χ0n) is 11.2. The molecule has 0 aromatic heterocycles. The number of carbonyl (C=O) groups is 1. The molecule has 1 rings (SSSR count). The van der Waals surface area contributed by atoms with Gasteiger partial charge >= 0.3 is 0 Å². The lowest BCUT2D eigenvalue weighted by Gasteiger charge is -2.18. The topological polar surface area (TPSA) is 88.2 Å². The van der Waals surface area contributed by atoms with Gasteiger partial charge in [-0.25, -0.2) is 0 Å². The molecule has 0 fully saturated rings. The minimum absolute atomic E-state index is 0.00457. The Hall–Kier alpha value is -2.08. The Bertz CT molecular complexity index is 460. The van der Waals surface area contributed by atoms with Gasteiger partial charge in [0.05, 0.1) is 0 Å². The Morgan fingerprint density at radius 3 is 2.89 bits per heavy atom. The maximum atomic E-state index is 11.9. The zero-order valence-corrected chi connectivity index (χ0v) is 11.2. The maximum Gasteiger partial charge on any atom is 0.252 e. The van der Waals surface area contributed by atoms with Gasteiger partial charge in [0.2, 0.25) is 0 Å². The highest BCUT2D eigenvalue weighted by Crippen LogP contribution is 2.15. The fourth-order valence-electron chi connectivity index (χ4n) is 1.48. The van der Waals surface area contributed by atoms with Crippen LogP contribution in [0.15, 0.2) is 29.4 Å². The van der Waals surface area contributed by atoms with E-state index in [4.69, 9.17) is 15.7 Å². The van der Waals surface area contributed by atoms with Crippen LogP contribution in [0.3, 0.4) is 0 Å². The molecule has 0 radical (unpaired) electrons. The number of ether oxygens (including phenoxy) is 1. The average molecular weight is 265 g/mol. The number of hydrogen-bond donors (Lipinski definition) is 2. The highest BCUT2D eigenvalue weighted by molar-refractivity contribution is 5.99. The fourth-order valence-corrected chi connectivity index (χ4v) is 1.48. The number of oxime groups is 1.